The molecule has 0 heterocycles. The molecule has 2 fully saturated rings. The van der Waals surface area contributed by atoms with Gasteiger partial charge in [0, 0.05) is 6.42 Å². The highest BCUT2D eigenvalue weighted by Gasteiger charge is 2.57. The third-order valence-corrected chi connectivity index (χ3v) is 7.26. The van der Waals surface area contributed by atoms with Gasteiger partial charge in [-0.25, -0.2) is 0 Å². The van der Waals surface area contributed by atoms with Crippen molar-refractivity contribution in [3.63, 3.8) is 0 Å². The van der Waals surface area contributed by atoms with Crippen molar-refractivity contribution in [1.29, 1.82) is 0 Å². The summed E-state index contributed by atoms with van der Waals surface area (Å²) in [4.78, 5) is 24.0. The molecule has 2 rings (SSSR count). The molecule has 2 saturated carbocycles. The molecule has 0 unspecified atom stereocenters. The van der Waals surface area contributed by atoms with E-state index in [0.717, 1.165) is 44.9 Å². The fraction of sp³-hybridized carbons (Fsp3) is 0.818. The average molecular weight is 349 g/mol. The van der Waals surface area contributed by atoms with E-state index in [0.29, 0.717) is 24.2 Å². The SMILES string of the molecule is C=C1CC[C@@H]2[C@](C)(CCC[C@]2(C)C(=O)OC)[C@H]1CC[C@H](C)CC(C)=O. The summed E-state index contributed by atoms with van der Waals surface area (Å²) in [5.74, 6) is 1.46. The molecular formula is C22H36O3. The van der Waals surface area contributed by atoms with Crippen molar-refractivity contribution in [2.75, 3.05) is 7.11 Å². The summed E-state index contributed by atoms with van der Waals surface area (Å²) in [6, 6.07) is 0. The lowest BCUT2D eigenvalue weighted by molar-refractivity contribution is -0.168. The van der Waals surface area contributed by atoms with E-state index in [1.54, 1.807) is 6.92 Å². The zero-order chi connectivity index (χ0) is 18.8. The Morgan fingerprint density at radius 2 is 2.00 bits per heavy atom. The Morgan fingerprint density at radius 3 is 2.60 bits per heavy atom. The number of rotatable bonds is 6. The Hall–Kier alpha value is -1.12. The lowest BCUT2D eigenvalue weighted by Crippen LogP contribution is -2.53. The molecule has 2 aliphatic rings. The van der Waals surface area contributed by atoms with E-state index in [1.807, 2.05) is 0 Å². The van der Waals surface area contributed by atoms with E-state index in [4.69, 9.17) is 4.74 Å². The maximum Gasteiger partial charge on any atom is 0.311 e. The van der Waals surface area contributed by atoms with E-state index in [1.165, 1.54) is 12.7 Å². The number of allylic oxidation sites excluding steroid dienone is 1. The average Bonchev–Trinajstić information content (AvgIpc) is 2.52. The predicted octanol–water partition coefficient (Wildman–Crippen LogP) is 5.33. The minimum absolute atomic E-state index is 0.0420. The molecule has 3 nitrogen and oxygen atoms in total. The van der Waals surface area contributed by atoms with Crippen LogP contribution >= 0.6 is 0 Å². The van der Waals surface area contributed by atoms with Gasteiger partial charge in [-0.3, -0.25) is 4.79 Å². The molecule has 0 aromatic heterocycles. The number of fused-ring (bicyclic) bond motifs is 1. The van der Waals surface area contributed by atoms with Crippen LogP contribution in [0.1, 0.15) is 79.1 Å². The van der Waals surface area contributed by atoms with Crippen LogP contribution in [0, 0.1) is 28.6 Å². The van der Waals surface area contributed by atoms with Crippen LogP contribution < -0.4 is 0 Å². The number of carbonyl (C=O) groups is 2. The second kappa shape index (κ2) is 7.63. The number of hydrogen-bond donors (Lipinski definition) is 0. The first-order chi connectivity index (χ1) is 11.6. The van der Waals surface area contributed by atoms with Crippen LogP contribution in [0.4, 0.5) is 0 Å². The molecule has 0 radical (unpaired) electrons. The highest BCUT2D eigenvalue weighted by Crippen LogP contribution is 2.62. The lowest BCUT2D eigenvalue weighted by Gasteiger charge is -2.57. The van der Waals surface area contributed by atoms with E-state index in [-0.39, 0.29) is 22.6 Å². The Labute approximate surface area is 153 Å². The van der Waals surface area contributed by atoms with Crippen LogP contribution in [0.5, 0.6) is 0 Å². The number of methoxy groups -OCH3 is 1. The first-order valence-electron chi connectivity index (χ1n) is 9.90. The molecule has 0 bridgehead atoms. The summed E-state index contributed by atoms with van der Waals surface area (Å²) in [7, 11) is 1.52. The largest absolute Gasteiger partial charge is 0.469 e. The zero-order valence-corrected chi connectivity index (χ0v) is 16.8. The summed E-state index contributed by atoms with van der Waals surface area (Å²) in [5, 5.41) is 0. The van der Waals surface area contributed by atoms with Gasteiger partial charge in [-0.1, -0.05) is 32.4 Å². The molecule has 142 valence electrons. The van der Waals surface area contributed by atoms with Crippen LogP contribution in [0.15, 0.2) is 12.2 Å². The van der Waals surface area contributed by atoms with Crippen LogP contribution in [-0.4, -0.2) is 18.9 Å². The molecule has 0 spiro atoms. The Bertz CT molecular complexity index is 537. The minimum atomic E-state index is -0.369. The molecule has 0 amide bonds. The third-order valence-electron chi connectivity index (χ3n) is 7.26. The lowest BCUT2D eigenvalue weighted by atomic mass is 9.46. The molecule has 5 atom stereocenters. The minimum Gasteiger partial charge on any atom is -0.469 e. The van der Waals surface area contributed by atoms with Crippen molar-refractivity contribution in [3.05, 3.63) is 12.2 Å². The van der Waals surface area contributed by atoms with Gasteiger partial charge in [-0.15, -0.1) is 0 Å². The third kappa shape index (κ3) is 3.85. The molecule has 3 heteroatoms. The quantitative estimate of drug-likeness (QED) is 0.481. The maximum absolute atomic E-state index is 12.6. The van der Waals surface area contributed by atoms with Gasteiger partial charge in [0.2, 0.25) is 0 Å². The van der Waals surface area contributed by atoms with Gasteiger partial charge in [0.25, 0.3) is 0 Å². The number of hydrogen-bond acceptors (Lipinski definition) is 3. The molecular weight excluding hydrogens is 312 g/mol. The molecule has 0 aromatic rings. The van der Waals surface area contributed by atoms with E-state index >= 15 is 0 Å². The van der Waals surface area contributed by atoms with E-state index in [2.05, 4.69) is 27.4 Å². The van der Waals surface area contributed by atoms with Crippen LogP contribution in [0.25, 0.3) is 0 Å². The Kier molecular flexibility index (Phi) is 6.17. The topological polar surface area (TPSA) is 43.4 Å². The second-order valence-corrected chi connectivity index (χ2v) is 9.16. The first-order valence-corrected chi connectivity index (χ1v) is 9.90. The Balaban J connectivity index is 2.21. The van der Waals surface area contributed by atoms with Gasteiger partial charge in [0.05, 0.1) is 12.5 Å². The predicted molar refractivity (Wildman–Crippen MR) is 101 cm³/mol. The molecule has 0 N–H and O–H groups in total. The maximum atomic E-state index is 12.6. The summed E-state index contributed by atoms with van der Waals surface area (Å²) < 4.78 is 5.19. The fourth-order valence-electron chi connectivity index (χ4n) is 6.00. The molecule has 0 aromatic carbocycles. The van der Waals surface area contributed by atoms with Crippen molar-refractivity contribution in [1.82, 2.24) is 0 Å². The van der Waals surface area contributed by atoms with E-state index in [9.17, 15) is 9.59 Å². The van der Waals surface area contributed by atoms with Crippen molar-refractivity contribution in [3.8, 4) is 0 Å². The van der Waals surface area contributed by atoms with Crippen LogP contribution in [-0.2, 0) is 14.3 Å². The molecule has 2 aliphatic carbocycles. The molecule has 25 heavy (non-hydrogen) atoms. The first kappa shape index (κ1) is 20.2. The smallest absolute Gasteiger partial charge is 0.311 e. The van der Waals surface area contributed by atoms with Gasteiger partial charge in [-0.05, 0) is 75.5 Å². The highest BCUT2D eigenvalue weighted by atomic mass is 16.5. The van der Waals surface area contributed by atoms with Gasteiger partial charge < -0.3 is 9.53 Å². The second-order valence-electron chi connectivity index (χ2n) is 9.16. The van der Waals surface area contributed by atoms with Gasteiger partial charge in [-0.2, -0.15) is 0 Å². The number of esters is 1. The summed E-state index contributed by atoms with van der Waals surface area (Å²) in [5.41, 5.74) is 1.10. The molecule has 0 saturated heterocycles. The Morgan fingerprint density at radius 1 is 1.32 bits per heavy atom. The standard InChI is InChI=1S/C22H36O3/c1-15(14-17(3)23)8-10-18-16(2)9-11-19-21(18,4)12-7-13-22(19,5)20(24)25-6/h15,18-19H,2,7-14H2,1,3-6H3/t15-,18-,19+,21+,22-/m0/s1. The number of ketones is 1. The van der Waals surface area contributed by atoms with E-state index < -0.39 is 0 Å². The molecule has 0 aliphatic heterocycles. The summed E-state index contributed by atoms with van der Waals surface area (Å²) >= 11 is 0. The number of carbonyl (C=O) groups excluding carboxylic acids is 2. The van der Waals surface area contributed by atoms with Crippen molar-refractivity contribution in [2.24, 2.45) is 28.6 Å². The normalized spacial score (nSPS) is 36.4. The van der Waals surface area contributed by atoms with Crippen LogP contribution in [0.3, 0.4) is 0 Å². The highest BCUT2D eigenvalue weighted by molar-refractivity contribution is 5.77. The van der Waals surface area contributed by atoms with Gasteiger partial charge in [0.1, 0.15) is 5.78 Å². The summed E-state index contributed by atoms with van der Waals surface area (Å²) in [6.45, 7) is 12.7. The van der Waals surface area contributed by atoms with Crippen molar-refractivity contribution >= 4 is 11.8 Å². The van der Waals surface area contributed by atoms with Gasteiger partial charge in [0.15, 0.2) is 0 Å². The number of Topliss-reactive ketones (excluding diaryl/α,β-unsaturated/α-hetero) is 1. The monoisotopic (exact) mass is 348 g/mol. The van der Waals surface area contributed by atoms with Crippen molar-refractivity contribution in [2.45, 2.75) is 79.1 Å². The summed E-state index contributed by atoms with van der Waals surface area (Å²) in [6.07, 6.45) is 8.02. The zero-order valence-electron chi connectivity index (χ0n) is 16.8. The van der Waals surface area contributed by atoms with Gasteiger partial charge >= 0.3 is 5.97 Å². The number of ether oxygens (including phenoxy) is 1. The fourth-order valence-corrected chi connectivity index (χ4v) is 6.00. The van der Waals surface area contributed by atoms with Crippen molar-refractivity contribution < 1.29 is 14.3 Å². The van der Waals surface area contributed by atoms with Crippen LogP contribution in [0.2, 0.25) is 0 Å².